The van der Waals surface area contributed by atoms with Crippen molar-refractivity contribution >= 4 is 11.7 Å². The molecule has 21 heavy (non-hydrogen) atoms. The van der Waals surface area contributed by atoms with E-state index < -0.39 is 0 Å². The Balaban J connectivity index is 1.76. The van der Waals surface area contributed by atoms with E-state index in [1.807, 2.05) is 41.9 Å². The molecule has 0 atom stereocenters. The van der Waals surface area contributed by atoms with Crippen LogP contribution in [0.4, 0.5) is 5.82 Å². The fourth-order valence-electron chi connectivity index (χ4n) is 3.00. The first-order valence-electron chi connectivity index (χ1n) is 7.65. The van der Waals surface area contributed by atoms with E-state index in [1.54, 1.807) is 6.20 Å². The highest BCUT2D eigenvalue weighted by Gasteiger charge is 2.19. The molecule has 2 aromatic rings. The van der Waals surface area contributed by atoms with E-state index in [0.29, 0.717) is 11.6 Å². The number of hydrogen-bond acceptors (Lipinski definition) is 2. The lowest BCUT2D eigenvalue weighted by Crippen LogP contribution is -2.20. The highest BCUT2D eigenvalue weighted by molar-refractivity contribution is 6.03. The molecule has 1 aromatic carbocycles. The molecule has 1 aliphatic carbocycles. The monoisotopic (exact) mass is 283 g/mol. The van der Waals surface area contributed by atoms with Gasteiger partial charge >= 0.3 is 0 Å². The number of rotatable bonds is 3. The summed E-state index contributed by atoms with van der Waals surface area (Å²) in [6, 6.07) is 9.93. The predicted molar refractivity (Wildman–Crippen MR) is 83.5 cm³/mol. The number of hydrogen-bond donors (Lipinski definition) is 1. The predicted octanol–water partition coefficient (Wildman–Crippen LogP) is 3.95. The van der Waals surface area contributed by atoms with Crippen LogP contribution in [0.1, 0.15) is 54.1 Å². The Labute approximate surface area is 125 Å². The van der Waals surface area contributed by atoms with Gasteiger partial charge in [-0.2, -0.15) is 5.10 Å². The Morgan fingerprint density at radius 2 is 2.05 bits per heavy atom. The van der Waals surface area contributed by atoms with E-state index in [4.69, 9.17) is 0 Å². The van der Waals surface area contributed by atoms with Crippen molar-refractivity contribution in [3.63, 3.8) is 0 Å². The summed E-state index contributed by atoms with van der Waals surface area (Å²) >= 11 is 0. The molecule has 0 radical (unpaired) electrons. The summed E-state index contributed by atoms with van der Waals surface area (Å²) in [5.41, 5.74) is 1.77. The minimum atomic E-state index is -0.0729. The summed E-state index contributed by atoms with van der Waals surface area (Å²) in [6.45, 7) is 1.99. The molecule has 1 aromatic heterocycles. The van der Waals surface area contributed by atoms with Gasteiger partial charge in [-0.25, -0.2) is 4.68 Å². The van der Waals surface area contributed by atoms with E-state index in [1.165, 1.54) is 19.3 Å². The largest absolute Gasteiger partial charge is 0.307 e. The quantitative estimate of drug-likeness (QED) is 0.927. The highest BCUT2D eigenvalue weighted by atomic mass is 16.1. The van der Waals surface area contributed by atoms with Crippen LogP contribution in [0.25, 0.3) is 0 Å². The van der Waals surface area contributed by atoms with Crippen molar-refractivity contribution in [1.29, 1.82) is 0 Å². The van der Waals surface area contributed by atoms with Crippen molar-refractivity contribution in [2.24, 2.45) is 0 Å². The van der Waals surface area contributed by atoms with E-state index in [9.17, 15) is 4.79 Å². The third-order valence-corrected chi connectivity index (χ3v) is 4.11. The average molecular weight is 283 g/mol. The maximum atomic E-state index is 12.3. The highest BCUT2D eigenvalue weighted by Crippen LogP contribution is 2.30. The van der Waals surface area contributed by atoms with Crippen molar-refractivity contribution < 1.29 is 4.79 Å². The molecule has 0 spiro atoms. The van der Waals surface area contributed by atoms with Gasteiger partial charge in [0, 0.05) is 11.6 Å². The first-order chi connectivity index (χ1) is 10.2. The van der Waals surface area contributed by atoms with Crippen LogP contribution in [-0.4, -0.2) is 15.7 Å². The van der Waals surface area contributed by atoms with Crippen LogP contribution in [0.15, 0.2) is 36.5 Å². The molecule has 1 saturated carbocycles. The van der Waals surface area contributed by atoms with Gasteiger partial charge in [-0.15, -0.1) is 0 Å². The van der Waals surface area contributed by atoms with Gasteiger partial charge < -0.3 is 5.32 Å². The van der Waals surface area contributed by atoms with E-state index in [0.717, 1.165) is 24.2 Å². The number of nitrogens with one attached hydrogen (secondary N) is 1. The number of aryl methyl sites for hydroxylation is 1. The molecule has 4 heteroatoms. The molecule has 1 amide bonds. The zero-order valence-corrected chi connectivity index (χ0v) is 12.4. The van der Waals surface area contributed by atoms with Gasteiger partial charge in [0.25, 0.3) is 5.91 Å². The molecule has 0 saturated heterocycles. The summed E-state index contributed by atoms with van der Waals surface area (Å²) < 4.78 is 1.98. The third-order valence-electron chi connectivity index (χ3n) is 4.11. The van der Waals surface area contributed by atoms with Crippen LogP contribution in [0.5, 0.6) is 0 Å². The lowest BCUT2D eigenvalue weighted by atomic mass is 9.96. The molecule has 1 N–H and O–H groups in total. The maximum absolute atomic E-state index is 12.3. The Hall–Kier alpha value is -2.10. The van der Waals surface area contributed by atoms with E-state index >= 15 is 0 Å². The molecule has 0 unspecified atom stereocenters. The number of benzene rings is 1. The lowest BCUT2D eigenvalue weighted by molar-refractivity contribution is 0.102. The van der Waals surface area contributed by atoms with Crippen LogP contribution in [0, 0.1) is 6.92 Å². The second kappa shape index (κ2) is 6.12. The molecular formula is C17H21N3O. The normalized spacial score (nSPS) is 15.9. The standard InChI is InChI=1S/C17H21N3O/c1-13-6-5-7-14(12-13)17(21)19-16-10-11-18-20(16)15-8-3-2-4-9-15/h5-7,10-12,15H,2-4,8-9H2,1H3,(H,19,21). The first-order valence-corrected chi connectivity index (χ1v) is 7.65. The van der Waals surface area contributed by atoms with Crippen molar-refractivity contribution in [1.82, 2.24) is 9.78 Å². The third kappa shape index (κ3) is 3.15. The molecule has 110 valence electrons. The summed E-state index contributed by atoms with van der Waals surface area (Å²) in [6.07, 6.45) is 7.86. The Kier molecular flexibility index (Phi) is 4.04. The minimum Gasteiger partial charge on any atom is -0.307 e. The summed E-state index contributed by atoms with van der Waals surface area (Å²) in [5, 5.41) is 7.40. The van der Waals surface area contributed by atoms with Crippen molar-refractivity contribution in [3.05, 3.63) is 47.7 Å². The van der Waals surface area contributed by atoms with Gasteiger partial charge in [0.2, 0.25) is 0 Å². The second-order valence-corrected chi connectivity index (χ2v) is 5.78. The minimum absolute atomic E-state index is 0.0729. The van der Waals surface area contributed by atoms with Crippen LogP contribution in [0.2, 0.25) is 0 Å². The number of carbonyl (C=O) groups excluding carboxylic acids is 1. The van der Waals surface area contributed by atoms with Gasteiger partial charge in [-0.05, 0) is 31.9 Å². The van der Waals surface area contributed by atoms with Gasteiger partial charge in [0.1, 0.15) is 5.82 Å². The molecule has 4 nitrogen and oxygen atoms in total. The number of anilines is 1. The zero-order chi connectivity index (χ0) is 14.7. The van der Waals surface area contributed by atoms with E-state index in [2.05, 4.69) is 10.4 Å². The molecule has 1 aliphatic rings. The average Bonchev–Trinajstić information content (AvgIpc) is 2.96. The van der Waals surface area contributed by atoms with Crippen molar-refractivity contribution in [2.45, 2.75) is 45.1 Å². The molecule has 0 bridgehead atoms. The second-order valence-electron chi connectivity index (χ2n) is 5.78. The number of aromatic nitrogens is 2. The Morgan fingerprint density at radius 3 is 2.81 bits per heavy atom. The summed E-state index contributed by atoms with van der Waals surface area (Å²) in [7, 11) is 0. The SMILES string of the molecule is Cc1cccc(C(=O)Nc2ccnn2C2CCCCC2)c1. The Morgan fingerprint density at radius 1 is 1.24 bits per heavy atom. The van der Waals surface area contributed by atoms with Gasteiger partial charge in [-0.3, -0.25) is 4.79 Å². The van der Waals surface area contributed by atoms with Crippen molar-refractivity contribution in [2.75, 3.05) is 5.32 Å². The number of amides is 1. The fourth-order valence-corrected chi connectivity index (χ4v) is 3.00. The van der Waals surface area contributed by atoms with Crippen LogP contribution in [-0.2, 0) is 0 Å². The summed E-state index contributed by atoms with van der Waals surface area (Å²) in [4.78, 5) is 12.3. The topological polar surface area (TPSA) is 46.9 Å². The van der Waals surface area contributed by atoms with Crippen LogP contribution < -0.4 is 5.32 Å². The fraction of sp³-hybridized carbons (Fsp3) is 0.412. The lowest BCUT2D eigenvalue weighted by Gasteiger charge is -2.23. The number of nitrogens with zero attached hydrogens (tertiary/aromatic N) is 2. The number of carbonyl (C=O) groups is 1. The van der Waals surface area contributed by atoms with Crippen LogP contribution in [0.3, 0.4) is 0 Å². The molecule has 0 aliphatic heterocycles. The zero-order valence-electron chi connectivity index (χ0n) is 12.4. The Bertz CT molecular complexity index is 626. The molecule has 3 rings (SSSR count). The van der Waals surface area contributed by atoms with Gasteiger partial charge in [-0.1, -0.05) is 37.0 Å². The molecule has 1 fully saturated rings. The van der Waals surface area contributed by atoms with E-state index in [-0.39, 0.29) is 5.91 Å². The first kappa shape index (κ1) is 13.9. The van der Waals surface area contributed by atoms with Crippen LogP contribution >= 0.6 is 0 Å². The maximum Gasteiger partial charge on any atom is 0.256 e. The smallest absolute Gasteiger partial charge is 0.256 e. The van der Waals surface area contributed by atoms with Gasteiger partial charge in [0.15, 0.2) is 0 Å². The molecule has 1 heterocycles. The van der Waals surface area contributed by atoms with Crippen molar-refractivity contribution in [3.8, 4) is 0 Å². The van der Waals surface area contributed by atoms with Gasteiger partial charge in [0.05, 0.1) is 12.2 Å². The molecular weight excluding hydrogens is 262 g/mol. The summed E-state index contributed by atoms with van der Waals surface area (Å²) in [5.74, 6) is 0.727.